The predicted octanol–water partition coefficient (Wildman–Crippen LogP) is 0.928. The Hall–Kier alpha value is -3.31. The average Bonchev–Trinajstić information content (AvgIpc) is 2.84. The SMILES string of the molecule is CC(C)C[C@H](NC(=O)C(Cc1ccccc1)NC(=O)c1cnccn1)B1OCC(C)NCC(=O)O1. The van der Waals surface area contributed by atoms with Crippen LogP contribution in [0.5, 0.6) is 0 Å². The van der Waals surface area contributed by atoms with Gasteiger partial charge in [-0.05, 0) is 24.8 Å². The fourth-order valence-electron chi connectivity index (χ4n) is 3.70. The maximum Gasteiger partial charge on any atom is 0.551 e. The van der Waals surface area contributed by atoms with Gasteiger partial charge in [0.2, 0.25) is 5.91 Å². The molecule has 0 saturated carbocycles. The summed E-state index contributed by atoms with van der Waals surface area (Å²) in [6.07, 6.45) is 5.00. The van der Waals surface area contributed by atoms with E-state index in [9.17, 15) is 14.4 Å². The van der Waals surface area contributed by atoms with E-state index in [1.807, 2.05) is 51.1 Å². The van der Waals surface area contributed by atoms with Gasteiger partial charge in [-0.2, -0.15) is 0 Å². The van der Waals surface area contributed by atoms with Crippen LogP contribution < -0.4 is 16.0 Å². The molecule has 0 spiro atoms. The molecule has 1 aromatic carbocycles. The van der Waals surface area contributed by atoms with E-state index in [-0.39, 0.29) is 30.6 Å². The third-order valence-electron chi connectivity index (χ3n) is 5.43. The van der Waals surface area contributed by atoms with Gasteiger partial charge in [0, 0.05) is 31.5 Å². The minimum atomic E-state index is -0.938. The second kappa shape index (κ2) is 13.0. The van der Waals surface area contributed by atoms with Crippen LogP contribution in [-0.4, -0.2) is 66.0 Å². The molecule has 0 bridgehead atoms. The Labute approximate surface area is 205 Å². The molecule has 11 heteroatoms. The summed E-state index contributed by atoms with van der Waals surface area (Å²) in [6.45, 7) is 6.30. The number of carbonyl (C=O) groups excluding carboxylic acids is 3. The number of hydrogen-bond acceptors (Lipinski definition) is 8. The predicted molar refractivity (Wildman–Crippen MR) is 130 cm³/mol. The molecule has 2 unspecified atom stereocenters. The average molecular weight is 481 g/mol. The molecule has 2 amide bonds. The van der Waals surface area contributed by atoms with Crippen molar-refractivity contribution in [1.29, 1.82) is 0 Å². The topological polar surface area (TPSA) is 132 Å². The maximum atomic E-state index is 13.5. The van der Waals surface area contributed by atoms with Gasteiger partial charge in [-0.1, -0.05) is 44.2 Å². The Balaban J connectivity index is 1.79. The number of carbonyl (C=O) groups is 3. The molecule has 35 heavy (non-hydrogen) atoms. The van der Waals surface area contributed by atoms with Crippen LogP contribution in [-0.2, 0) is 25.3 Å². The van der Waals surface area contributed by atoms with Crippen molar-refractivity contribution in [3.05, 3.63) is 60.2 Å². The van der Waals surface area contributed by atoms with Crippen LogP contribution >= 0.6 is 0 Å². The lowest BCUT2D eigenvalue weighted by Crippen LogP contribution is -2.58. The third kappa shape index (κ3) is 8.45. The van der Waals surface area contributed by atoms with Crippen LogP contribution in [0.25, 0.3) is 0 Å². The summed E-state index contributed by atoms with van der Waals surface area (Å²) in [5.74, 6) is -1.79. The van der Waals surface area contributed by atoms with E-state index in [2.05, 4.69) is 25.9 Å². The van der Waals surface area contributed by atoms with E-state index < -0.39 is 36.9 Å². The molecule has 3 rings (SSSR count). The van der Waals surface area contributed by atoms with Crippen molar-refractivity contribution in [2.45, 2.75) is 51.6 Å². The molecule has 10 nitrogen and oxygen atoms in total. The van der Waals surface area contributed by atoms with Gasteiger partial charge in [0.15, 0.2) is 0 Å². The van der Waals surface area contributed by atoms with Crippen LogP contribution in [0.1, 0.15) is 43.2 Å². The quantitative estimate of drug-likeness (QED) is 0.451. The van der Waals surface area contributed by atoms with Crippen LogP contribution in [0, 0.1) is 5.92 Å². The summed E-state index contributed by atoms with van der Waals surface area (Å²) >= 11 is 0. The van der Waals surface area contributed by atoms with E-state index in [0.29, 0.717) is 13.0 Å². The Morgan fingerprint density at radius 3 is 2.66 bits per heavy atom. The molecular formula is C24H32BN5O5. The van der Waals surface area contributed by atoms with Gasteiger partial charge in [0.1, 0.15) is 11.7 Å². The van der Waals surface area contributed by atoms with E-state index >= 15 is 0 Å². The number of nitrogens with zero attached hydrogens (tertiary/aromatic N) is 2. The molecular weight excluding hydrogens is 449 g/mol. The molecule has 2 aromatic rings. The molecule has 186 valence electrons. The van der Waals surface area contributed by atoms with Gasteiger partial charge in [0.05, 0.1) is 18.7 Å². The van der Waals surface area contributed by atoms with Gasteiger partial charge >= 0.3 is 13.1 Å². The van der Waals surface area contributed by atoms with E-state index in [1.54, 1.807) is 0 Å². The minimum absolute atomic E-state index is 0.0437. The zero-order valence-electron chi connectivity index (χ0n) is 20.3. The van der Waals surface area contributed by atoms with Crippen LogP contribution in [0.4, 0.5) is 0 Å². The summed E-state index contributed by atoms with van der Waals surface area (Å²) < 4.78 is 11.4. The number of rotatable bonds is 9. The Morgan fingerprint density at radius 1 is 1.20 bits per heavy atom. The minimum Gasteiger partial charge on any atom is -0.507 e. The lowest BCUT2D eigenvalue weighted by Gasteiger charge is -2.30. The number of benzene rings is 1. The lowest BCUT2D eigenvalue weighted by molar-refractivity contribution is -0.136. The molecule has 3 N–H and O–H groups in total. The molecule has 1 fully saturated rings. The molecule has 0 radical (unpaired) electrons. The van der Waals surface area contributed by atoms with Crippen molar-refractivity contribution in [2.24, 2.45) is 5.92 Å². The van der Waals surface area contributed by atoms with E-state index in [4.69, 9.17) is 9.31 Å². The normalized spacial score (nSPS) is 18.1. The van der Waals surface area contributed by atoms with Gasteiger partial charge in [-0.15, -0.1) is 0 Å². The first-order valence-corrected chi connectivity index (χ1v) is 11.8. The first kappa shape index (κ1) is 26.3. The summed E-state index contributed by atoms with van der Waals surface area (Å²) in [7, 11) is -0.938. The summed E-state index contributed by atoms with van der Waals surface area (Å²) in [6, 6.07) is 8.44. The molecule has 1 aliphatic rings. The van der Waals surface area contributed by atoms with E-state index in [1.165, 1.54) is 18.6 Å². The second-order valence-electron chi connectivity index (χ2n) is 9.02. The van der Waals surface area contributed by atoms with Crippen molar-refractivity contribution in [1.82, 2.24) is 25.9 Å². The van der Waals surface area contributed by atoms with Crippen LogP contribution in [0.15, 0.2) is 48.9 Å². The largest absolute Gasteiger partial charge is 0.551 e. The van der Waals surface area contributed by atoms with Gasteiger partial charge in [-0.25, -0.2) is 4.98 Å². The second-order valence-corrected chi connectivity index (χ2v) is 9.02. The van der Waals surface area contributed by atoms with Crippen LogP contribution in [0.3, 0.4) is 0 Å². The van der Waals surface area contributed by atoms with E-state index in [0.717, 1.165) is 5.56 Å². The highest BCUT2D eigenvalue weighted by molar-refractivity contribution is 6.49. The molecule has 3 atom stereocenters. The fraction of sp³-hybridized carbons (Fsp3) is 0.458. The summed E-state index contributed by atoms with van der Waals surface area (Å²) in [5, 5.41) is 8.75. The molecule has 1 saturated heterocycles. The number of amides is 2. The lowest BCUT2D eigenvalue weighted by atomic mass is 9.73. The maximum absolute atomic E-state index is 13.5. The number of hydrogen-bond donors (Lipinski definition) is 3. The Morgan fingerprint density at radius 2 is 1.97 bits per heavy atom. The molecule has 1 aromatic heterocycles. The zero-order chi connectivity index (χ0) is 25.2. The van der Waals surface area contributed by atoms with Crippen LogP contribution in [0.2, 0.25) is 0 Å². The molecule has 0 aliphatic carbocycles. The Kier molecular flexibility index (Phi) is 9.74. The van der Waals surface area contributed by atoms with Crippen molar-refractivity contribution in [2.75, 3.05) is 13.2 Å². The first-order valence-electron chi connectivity index (χ1n) is 11.8. The third-order valence-corrected chi connectivity index (χ3v) is 5.43. The van der Waals surface area contributed by atoms with Gasteiger partial charge < -0.3 is 25.3 Å². The van der Waals surface area contributed by atoms with Gasteiger partial charge in [0.25, 0.3) is 5.91 Å². The Bertz CT molecular complexity index is 979. The highest BCUT2D eigenvalue weighted by Crippen LogP contribution is 2.13. The molecule has 1 aliphatic heterocycles. The van der Waals surface area contributed by atoms with Crippen molar-refractivity contribution in [3.8, 4) is 0 Å². The zero-order valence-corrected chi connectivity index (χ0v) is 20.3. The van der Waals surface area contributed by atoms with Crippen molar-refractivity contribution < 1.29 is 23.7 Å². The standard InChI is InChI=1S/C24H32BN5O5/c1-16(2)11-21(25-34-15-17(3)28-14-22(31)35-25)30-23(32)19(12-18-7-5-4-6-8-18)29-24(33)20-13-26-9-10-27-20/h4-10,13,16-17,19,21,28H,11-12,14-15H2,1-3H3,(H,29,33)(H,30,32)/t17?,19?,21-/m0/s1. The smallest absolute Gasteiger partial charge is 0.507 e. The fourth-order valence-corrected chi connectivity index (χ4v) is 3.70. The number of nitrogens with one attached hydrogen (secondary N) is 3. The number of aromatic nitrogens is 2. The first-order chi connectivity index (χ1) is 16.8. The highest BCUT2D eigenvalue weighted by atomic mass is 16.6. The van der Waals surface area contributed by atoms with Crippen molar-refractivity contribution in [3.63, 3.8) is 0 Å². The monoisotopic (exact) mass is 481 g/mol. The molecule has 2 heterocycles. The summed E-state index contributed by atoms with van der Waals surface area (Å²) in [4.78, 5) is 46.4. The summed E-state index contributed by atoms with van der Waals surface area (Å²) in [5.41, 5.74) is 0.983. The van der Waals surface area contributed by atoms with Crippen molar-refractivity contribution >= 4 is 24.9 Å². The van der Waals surface area contributed by atoms with Gasteiger partial charge in [-0.3, -0.25) is 19.4 Å². The highest BCUT2D eigenvalue weighted by Gasteiger charge is 2.38.